The fourth-order valence-corrected chi connectivity index (χ4v) is 3.51. The highest BCUT2D eigenvalue weighted by atomic mass is 79.9. The van der Waals surface area contributed by atoms with Crippen molar-refractivity contribution < 1.29 is 30.3 Å². The number of hydrogen-bond acceptors (Lipinski definition) is 3. The average molecular weight is 404 g/mol. The van der Waals surface area contributed by atoms with E-state index in [4.69, 9.17) is 0 Å². The Morgan fingerprint density at radius 3 is 2.50 bits per heavy atom. The van der Waals surface area contributed by atoms with Gasteiger partial charge in [-0.25, -0.2) is 0 Å². The molecule has 10 heteroatoms. The summed E-state index contributed by atoms with van der Waals surface area (Å²) in [5.74, 6) is -2.43. The first-order chi connectivity index (χ1) is 9.97. The van der Waals surface area contributed by atoms with E-state index < -0.39 is 39.5 Å². The van der Waals surface area contributed by atoms with Crippen molar-refractivity contribution in [2.75, 3.05) is 17.2 Å². The van der Waals surface area contributed by atoms with Gasteiger partial charge in [0, 0.05) is 23.4 Å². The van der Waals surface area contributed by atoms with Crippen molar-refractivity contribution >= 4 is 37.7 Å². The number of alkyl halides is 3. The lowest BCUT2D eigenvalue weighted by Crippen LogP contribution is -2.28. The number of carbonyl (C=O) groups is 1. The number of amides is 1. The van der Waals surface area contributed by atoms with E-state index in [-0.39, 0.29) is 18.7 Å². The smallest absolute Gasteiger partial charge is 0.311 e. The zero-order valence-electron chi connectivity index (χ0n) is 10.9. The predicted molar refractivity (Wildman–Crippen MR) is 74.5 cm³/mol. The van der Waals surface area contributed by atoms with Crippen LogP contribution in [0.25, 0.3) is 0 Å². The molecule has 1 aliphatic rings. The fraction of sp³-hybridized carbons (Fsp3) is 0.417. The molecule has 0 aliphatic carbocycles. The third kappa shape index (κ3) is 3.97. The molecule has 1 aliphatic heterocycles. The average Bonchev–Trinajstić information content (AvgIpc) is 2.65. The van der Waals surface area contributed by atoms with E-state index in [2.05, 4.69) is 15.9 Å². The third-order valence-electron chi connectivity index (χ3n) is 3.20. The van der Waals surface area contributed by atoms with Crippen LogP contribution in [0.5, 0.6) is 0 Å². The van der Waals surface area contributed by atoms with Crippen LogP contribution in [0.3, 0.4) is 0 Å². The lowest BCUT2D eigenvalue weighted by Gasteiger charge is -2.22. The van der Waals surface area contributed by atoms with Crippen molar-refractivity contribution in [3.8, 4) is 0 Å². The van der Waals surface area contributed by atoms with E-state index >= 15 is 0 Å². The number of carbonyl (C=O) groups excluding carboxylic acids is 1. The molecule has 4 nitrogen and oxygen atoms in total. The molecular weight excluding hydrogens is 394 g/mol. The highest BCUT2D eigenvalue weighted by Gasteiger charge is 2.40. The van der Waals surface area contributed by atoms with E-state index in [0.717, 1.165) is 17.0 Å². The van der Waals surface area contributed by atoms with Crippen LogP contribution in [-0.2, 0) is 21.2 Å². The van der Waals surface area contributed by atoms with Crippen LogP contribution < -0.4 is 4.90 Å². The third-order valence-corrected chi connectivity index (χ3v) is 4.56. The minimum absolute atomic E-state index is 0.276. The number of nitrogens with zero attached hydrogens (tertiary/aromatic N) is 1. The second-order valence-corrected chi connectivity index (χ2v) is 7.27. The Kier molecular flexibility index (Phi) is 4.54. The number of anilines is 1. The monoisotopic (exact) mass is 403 g/mol. The van der Waals surface area contributed by atoms with Crippen LogP contribution in [0.15, 0.2) is 22.7 Å². The first-order valence-electron chi connectivity index (χ1n) is 6.07. The molecule has 1 fully saturated rings. The van der Waals surface area contributed by atoms with Gasteiger partial charge in [0.15, 0.2) is 0 Å². The number of hydrogen-bond donors (Lipinski definition) is 0. The maximum absolute atomic E-state index is 13.0. The topological polar surface area (TPSA) is 54.5 Å². The van der Waals surface area contributed by atoms with Crippen molar-refractivity contribution in [3.63, 3.8) is 0 Å². The summed E-state index contributed by atoms with van der Waals surface area (Å²) in [6.45, 7) is -0.276. The Morgan fingerprint density at radius 2 is 1.95 bits per heavy atom. The summed E-state index contributed by atoms with van der Waals surface area (Å²) < 4.78 is 73.3. The predicted octanol–water partition coefficient (Wildman–Crippen LogP) is 3.12. The molecule has 1 amide bonds. The molecule has 22 heavy (non-hydrogen) atoms. The van der Waals surface area contributed by atoms with Gasteiger partial charge in [0.1, 0.15) is 0 Å². The van der Waals surface area contributed by atoms with Crippen LogP contribution in [0.1, 0.15) is 12.0 Å². The van der Waals surface area contributed by atoms with Crippen LogP contribution in [0.4, 0.5) is 22.7 Å². The van der Waals surface area contributed by atoms with Crippen molar-refractivity contribution in [1.29, 1.82) is 0 Å². The van der Waals surface area contributed by atoms with Crippen molar-refractivity contribution in [3.05, 3.63) is 28.2 Å². The van der Waals surface area contributed by atoms with E-state index in [1.54, 1.807) is 0 Å². The quantitative estimate of drug-likeness (QED) is 0.575. The zero-order chi connectivity index (χ0) is 16.7. The molecule has 0 saturated carbocycles. The Balaban J connectivity index is 2.36. The number of rotatable bonds is 3. The molecule has 1 aromatic rings. The van der Waals surface area contributed by atoms with Crippen LogP contribution in [0, 0.1) is 5.92 Å². The van der Waals surface area contributed by atoms with Gasteiger partial charge in [-0.3, -0.25) is 4.79 Å². The van der Waals surface area contributed by atoms with Gasteiger partial charge in [-0.05, 0) is 18.2 Å². The summed E-state index contributed by atoms with van der Waals surface area (Å²) in [5, 5.41) is 0. The Labute approximate surface area is 132 Å². The first kappa shape index (κ1) is 17.2. The molecule has 1 unspecified atom stereocenters. The molecule has 0 bridgehead atoms. The molecule has 1 heterocycles. The fourth-order valence-electron chi connectivity index (χ4n) is 2.38. The molecule has 0 aromatic heterocycles. The minimum Gasteiger partial charge on any atom is -0.311 e. The molecule has 122 valence electrons. The summed E-state index contributed by atoms with van der Waals surface area (Å²) >= 11 is 3.03. The summed E-state index contributed by atoms with van der Waals surface area (Å²) in [6.07, 6.45) is -4.98. The van der Waals surface area contributed by atoms with Gasteiger partial charge in [0.25, 0.3) is 0 Å². The Bertz CT molecular complexity index is 705. The lowest BCUT2D eigenvalue weighted by molar-refractivity contribution is -0.137. The SMILES string of the molecule is O=C1CC(CS(=O)(=O)F)CN1c1cc(Br)ccc1C(F)(F)F. The molecule has 0 N–H and O–H groups in total. The molecule has 1 atom stereocenters. The normalized spacial score (nSPS) is 19.8. The highest BCUT2D eigenvalue weighted by Crippen LogP contribution is 2.40. The van der Waals surface area contributed by atoms with Gasteiger partial charge < -0.3 is 4.90 Å². The standard InChI is InChI=1S/C12H10BrF4NO3S/c13-8-1-2-9(12(14,15)16)10(4-8)18-5-7(3-11(18)19)6-22(17,20)21/h1-2,4,7H,3,5-6H2. The molecular formula is C12H10BrF4NO3S. The molecule has 0 spiro atoms. The molecule has 1 aromatic carbocycles. The maximum atomic E-state index is 13.0. The summed E-state index contributed by atoms with van der Waals surface area (Å²) in [7, 11) is -4.79. The van der Waals surface area contributed by atoms with Gasteiger partial charge in [-0.1, -0.05) is 15.9 Å². The van der Waals surface area contributed by atoms with E-state index in [9.17, 15) is 30.3 Å². The number of halogens is 5. The van der Waals surface area contributed by atoms with Gasteiger partial charge in [0.2, 0.25) is 5.91 Å². The van der Waals surface area contributed by atoms with Gasteiger partial charge >= 0.3 is 16.4 Å². The minimum atomic E-state index is -4.79. The van der Waals surface area contributed by atoms with Crippen molar-refractivity contribution in [2.24, 2.45) is 5.92 Å². The van der Waals surface area contributed by atoms with E-state index in [1.807, 2.05) is 0 Å². The second kappa shape index (κ2) is 5.80. The van der Waals surface area contributed by atoms with Crippen LogP contribution in [-0.4, -0.2) is 26.6 Å². The van der Waals surface area contributed by atoms with Gasteiger partial charge in [-0.2, -0.15) is 21.6 Å². The van der Waals surface area contributed by atoms with Crippen molar-refractivity contribution in [1.82, 2.24) is 0 Å². The second-order valence-electron chi connectivity index (χ2n) is 4.94. The zero-order valence-corrected chi connectivity index (χ0v) is 13.3. The highest BCUT2D eigenvalue weighted by molar-refractivity contribution is 9.10. The van der Waals surface area contributed by atoms with E-state index in [0.29, 0.717) is 4.47 Å². The van der Waals surface area contributed by atoms with Gasteiger partial charge in [0.05, 0.1) is 17.0 Å². The van der Waals surface area contributed by atoms with Crippen LogP contribution in [0.2, 0.25) is 0 Å². The summed E-state index contributed by atoms with van der Waals surface area (Å²) in [5.41, 5.74) is -1.38. The molecule has 0 radical (unpaired) electrons. The Morgan fingerprint density at radius 1 is 1.32 bits per heavy atom. The largest absolute Gasteiger partial charge is 0.418 e. The first-order valence-corrected chi connectivity index (χ1v) is 8.41. The summed E-state index contributed by atoms with van der Waals surface area (Å²) in [6, 6.07) is 3.15. The lowest BCUT2D eigenvalue weighted by atomic mass is 10.1. The van der Waals surface area contributed by atoms with Gasteiger partial charge in [-0.15, -0.1) is 3.89 Å². The number of benzene rings is 1. The van der Waals surface area contributed by atoms with E-state index in [1.165, 1.54) is 6.07 Å². The van der Waals surface area contributed by atoms with Crippen LogP contribution >= 0.6 is 15.9 Å². The Hall–Kier alpha value is -1.16. The molecule has 2 rings (SSSR count). The maximum Gasteiger partial charge on any atom is 0.418 e. The summed E-state index contributed by atoms with van der Waals surface area (Å²) in [4.78, 5) is 12.7. The van der Waals surface area contributed by atoms with Crippen molar-refractivity contribution in [2.45, 2.75) is 12.6 Å². The molecule has 1 saturated heterocycles.